The van der Waals surface area contributed by atoms with Crippen LogP contribution >= 0.6 is 0 Å². The van der Waals surface area contributed by atoms with Gasteiger partial charge in [0, 0.05) is 18.7 Å². The number of esters is 2. The first-order valence-electron chi connectivity index (χ1n) is 6.42. The molecule has 5 nitrogen and oxygen atoms in total. The maximum absolute atomic E-state index is 11.8. The van der Waals surface area contributed by atoms with Crippen molar-refractivity contribution in [1.29, 1.82) is 0 Å². The molecule has 2 rings (SSSR count). The van der Waals surface area contributed by atoms with Crippen molar-refractivity contribution in [2.45, 2.75) is 20.5 Å². The highest BCUT2D eigenvalue weighted by Crippen LogP contribution is 2.18. The lowest BCUT2D eigenvalue weighted by Gasteiger charge is -2.08. The average molecular weight is 285 g/mol. The Bertz CT molecular complexity index is 653. The lowest BCUT2D eigenvalue weighted by Crippen LogP contribution is -2.07. The van der Waals surface area contributed by atoms with Crippen LogP contribution in [0.1, 0.15) is 28.5 Å². The summed E-state index contributed by atoms with van der Waals surface area (Å²) in [6, 6.07) is 10.4. The Morgan fingerprint density at radius 1 is 1.19 bits per heavy atom. The number of carbonyl (C=O) groups is 2. The standard InChI is InChI=1S/C16H15NO4/c1-11-15(21-12(2)18)8-13(9-17-11)10-20-16(19)14-6-4-3-5-7-14/h3-9H,10H2,1-2H3. The minimum atomic E-state index is -0.418. The van der Waals surface area contributed by atoms with Crippen molar-refractivity contribution < 1.29 is 19.1 Å². The second kappa shape index (κ2) is 6.65. The Morgan fingerprint density at radius 3 is 2.57 bits per heavy atom. The third-order valence-electron chi connectivity index (χ3n) is 2.73. The largest absolute Gasteiger partial charge is 0.457 e. The van der Waals surface area contributed by atoms with Crippen molar-refractivity contribution >= 4 is 11.9 Å². The molecule has 5 heteroatoms. The van der Waals surface area contributed by atoms with Crippen LogP contribution in [-0.4, -0.2) is 16.9 Å². The van der Waals surface area contributed by atoms with Crippen molar-refractivity contribution in [3.05, 3.63) is 59.4 Å². The zero-order valence-electron chi connectivity index (χ0n) is 11.8. The second-order valence-corrected chi connectivity index (χ2v) is 4.46. The highest BCUT2D eigenvalue weighted by Gasteiger charge is 2.09. The van der Waals surface area contributed by atoms with Crippen molar-refractivity contribution in [2.24, 2.45) is 0 Å². The molecule has 0 aliphatic rings. The molecule has 0 saturated carbocycles. The van der Waals surface area contributed by atoms with Crippen LogP contribution < -0.4 is 4.74 Å². The van der Waals surface area contributed by atoms with Crippen molar-refractivity contribution in [3.63, 3.8) is 0 Å². The molecule has 0 radical (unpaired) electrons. The Balaban J connectivity index is 2.03. The summed E-state index contributed by atoms with van der Waals surface area (Å²) in [5, 5.41) is 0. The molecule has 21 heavy (non-hydrogen) atoms. The van der Waals surface area contributed by atoms with Crippen LogP contribution in [0, 0.1) is 6.92 Å². The number of rotatable bonds is 4. The van der Waals surface area contributed by atoms with E-state index in [9.17, 15) is 9.59 Å². The van der Waals surface area contributed by atoms with Gasteiger partial charge in [-0.3, -0.25) is 9.78 Å². The van der Waals surface area contributed by atoms with E-state index in [1.807, 2.05) is 6.07 Å². The first kappa shape index (κ1) is 14.7. The molecule has 0 saturated heterocycles. The van der Waals surface area contributed by atoms with E-state index in [-0.39, 0.29) is 6.61 Å². The summed E-state index contributed by atoms with van der Waals surface area (Å²) in [7, 11) is 0. The molecule has 1 aromatic heterocycles. The fraction of sp³-hybridized carbons (Fsp3) is 0.188. The average Bonchev–Trinajstić information content (AvgIpc) is 2.48. The fourth-order valence-corrected chi connectivity index (χ4v) is 1.70. The zero-order chi connectivity index (χ0) is 15.2. The topological polar surface area (TPSA) is 65.5 Å². The highest BCUT2D eigenvalue weighted by atomic mass is 16.5. The quantitative estimate of drug-likeness (QED) is 0.808. The van der Waals surface area contributed by atoms with Crippen LogP contribution in [0.3, 0.4) is 0 Å². The number of nitrogens with zero attached hydrogens (tertiary/aromatic N) is 1. The summed E-state index contributed by atoms with van der Waals surface area (Å²) in [6.45, 7) is 3.12. The molecule has 0 bridgehead atoms. The van der Waals surface area contributed by atoms with E-state index in [0.29, 0.717) is 22.6 Å². The first-order valence-corrected chi connectivity index (χ1v) is 6.42. The van der Waals surface area contributed by atoms with Crippen LogP contribution in [0.15, 0.2) is 42.6 Å². The number of benzene rings is 1. The monoisotopic (exact) mass is 285 g/mol. The lowest BCUT2D eigenvalue weighted by molar-refractivity contribution is -0.131. The zero-order valence-corrected chi connectivity index (χ0v) is 11.8. The van der Waals surface area contributed by atoms with Gasteiger partial charge in [0.05, 0.1) is 11.3 Å². The van der Waals surface area contributed by atoms with E-state index in [0.717, 1.165) is 0 Å². The minimum absolute atomic E-state index is 0.0648. The van der Waals surface area contributed by atoms with Crippen LogP contribution in [0.25, 0.3) is 0 Å². The summed E-state index contributed by atoms with van der Waals surface area (Å²) < 4.78 is 10.2. The van der Waals surface area contributed by atoms with Crippen LogP contribution in [0.2, 0.25) is 0 Å². The molecule has 0 aliphatic heterocycles. The SMILES string of the molecule is CC(=O)Oc1cc(COC(=O)c2ccccc2)cnc1C. The number of carbonyl (C=O) groups excluding carboxylic acids is 2. The van der Waals surface area contributed by atoms with Crippen LogP contribution in [-0.2, 0) is 16.1 Å². The summed E-state index contributed by atoms with van der Waals surface area (Å²) in [5.41, 5.74) is 1.74. The van der Waals surface area contributed by atoms with Gasteiger partial charge in [0.15, 0.2) is 5.75 Å². The van der Waals surface area contributed by atoms with Crippen molar-refractivity contribution in [2.75, 3.05) is 0 Å². The van der Waals surface area contributed by atoms with Gasteiger partial charge in [-0.15, -0.1) is 0 Å². The molecule has 1 heterocycles. The predicted octanol–water partition coefficient (Wildman–Crippen LogP) is 2.67. The fourth-order valence-electron chi connectivity index (χ4n) is 1.70. The van der Waals surface area contributed by atoms with Crippen molar-refractivity contribution in [3.8, 4) is 5.75 Å². The predicted molar refractivity (Wildman–Crippen MR) is 75.8 cm³/mol. The Labute approximate surface area is 122 Å². The number of pyridine rings is 1. The lowest BCUT2D eigenvalue weighted by atomic mass is 10.2. The van der Waals surface area contributed by atoms with E-state index < -0.39 is 11.9 Å². The molecule has 2 aromatic rings. The Hall–Kier alpha value is -2.69. The number of aryl methyl sites for hydroxylation is 1. The van der Waals surface area contributed by atoms with Gasteiger partial charge in [0.1, 0.15) is 6.61 Å². The van der Waals surface area contributed by atoms with Gasteiger partial charge in [0.2, 0.25) is 0 Å². The van der Waals surface area contributed by atoms with Gasteiger partial charge in [-0.1, -0.05) is 18.2 Å². The van der Waals surface area contributed by atoms with Gasteiger partial charge in [-0.2, -0.15) is 0 Å². The van der Waals surface area contributed by atoms with Gasteiger partial charge in [0.25, 0.3) is 0 Å². The molecular formula is C16H15NO4. The minimum Gasteiger partial charge on any atom is -0.457 e. The third-order valence-corrected chi connectivity index (χ3v) is 2.73. The molecule has 0 aliphatic carbocycles. The van der Waals surface area contributed by atoms with E-state index in [1.165, 1.54) is 6.92 Å². The van der Waals surface area contributed by atoms with Gasteiger partial charge in [-0.25, -0.2) is 4.79 Å². The number of hydrogen-bond donors (Lipinski definition) is 0. The molecule has 0 fully saturated rings. The molecule has 0 N–H and O–H groups in total. The molecular weight excluding hydrogens is 270 g/mol. The highest BCUT2D eigenvalue weighted by molar-refractivity contribution is 5.89. The Kier molecular flexibility index (Phi) is 4.66. The molecule has 0 unspecified atom stereocenters. The smallest absolute Gasteiger partial charge is 0.338 e. The normalized spacial score (nSPS) is 10.0. The van der Waals surface area contributed by atoms with E-state index >= 15 is 0 Å². The van der Waals surface area contributed by atoms with Crippen LogP contribution in [0.4, 0.5) is 0 Å². The van der Waals surface area contributed by atoms with Gasteiger partial charge < -0.3 is 9.47 Å². The number of aromatic nitrogens is 1. The number of ether oxygens (including phenoxy) is 2. The molecule has 0 atom stereocenters. The summed E-state index contributed by atoms with van der Waals surface area (Å²) >= 11 is 0. The first-order chi connectivity index (χ1) is 10.1. The molecule has 0 amide bonds. The summed E-state index contributed by atoms with van der Waals surface area (Å²) in [5.74, 6) is -0.459. The summed E-state index contributed by atoms with van der Waals surface area (Å²) in [6.07, 6.45) is 1.58. The molecule has 108 valence electrons. The summed E-state index contributed by atoms with van der Waals surface area (Å²) in [4.78, 5) is 26.9. The number of hydrogen-bond acceptors (Lipinski definition) is 5. The maximum atomic E-state index is 11.8. The van der Waals surface area contributed by atoms with Gasteiger partial charge in [-0.05, 0) is 25.1 Å². The third kappa shape index (κ3) is 4.14. The van der Waals surface area contributed by atoms with E-state index in [2.05, 4.69) is 4.98 Å². The molecule has 1 aromatic carbocycles. The van der Waals surface area contributed by atoms with Gasteiger partial charge >= 0.3 is 11.9 Å². The van der Waals surface area contributed by atoms with E-state index in [1.54, 1.807) is 43.5 Å². The van der Waals surface area contributed by atoms with Crippen LogP contribution in [0.5, 0.6) is 5.75 Å². The van der Waals surface area contributed by atoms with Crippen molar-refractivity contribution in [1.82, 2.24) is 4.98 Å². The maximum Gasteiger partial charge on any atom is 0.338 e. The van der Waals surface area contributed by atoms with E-state index in [4.69, 9.17) is 9.47 Å². The Morgan fingerprint density at radius 2 is 1.90 bits per heavy atom. The second-order valence-electron chi connectivity index (χ2n) is 4.46. The molecule has 0 spiro atoms.